The predicted octanol–water partition coefficient (Wildman–Crippen LogP) is 1.19. The van der Waals surface area contributed by atoms with E-state index in [9.17, 15) is 0 Å². The quantitative estimate of drug-likeness (QED) is 0.780. The van der Waals surface area contributed by atoms with Crippen molar-refractivity contribution in [3.63, 3.8) is 0 Å². The van der Waals surface area contributed by atoms with Crippen molar-refractivity contribution in [1.82, 2.24) is 20.3 Å². The molecule has 1 fully saturated rings. The Morgan fingerprint density at radius 1 is 1.25 bits per heavy atom. The molecule has 7 heteroatoms. The van der Waals surface area contributed by atoms with Crippen molar-refractivity contribution in [2.75, 3.05) is 29.9 Å². The smallest absolute Gasteiger partial charge is 0.231 e. The van der Waals surface area contributed by atoms with Crippen LogP contribution in [0.15, 0.2) is 24.5 Å². The molecule has 1 atom stereocenters. The first kappa shape index (κ1) is 15.3. The van der Waals surface area contributed by atoms with Gasteiger partial charge >= 0.3 is 0 Å². The zero-order chi connectivity index (χ0) is 16.4. The molecule has 4 N–H and O–H groups in total. The largest absolute Gasteiger partial charge is 0.339 e. The summed E-state index contributed by atoms with van der Waals surface area (Å²) in [5.74, 6) is 1.27. The number of piperidine rings is 1. The van der Waals surface area contributed by atoms with Gasteiger partial charge in [0.05, 0.1) is 0 Å². The topological polar surface area (TPSA) is 92.0 Å². The van der Waals surface area contributed by atoms with E-state index in [-0.39, 0.29) is 6.04 Å². The average molecular weight is 325 g/mol. The third kappa shape index (κ3) is 3.32. The third-order valence-electron chi connectivity index (χ3n) is 4.65. The zero-order valence-corrected chi connectivity index (χ0v) is 13.7. The summed E-state index contributed by atoms with van der Waals surface area (Å²) in [4.78, 5) is 15.3. The molecule has 24 heavy (non-hydrogen) atoms. The summed E-state index contributed by atoms with van der Waals surface area (Å²) >= 11 is 0. The van der Waals surface area contributed by atoms with E-state index in [4.69, 9.17) is 5.73 Å². The van der Waals surface area contributed by atoms with Gasteiger partial charge in [-0.05, 0) is 49.1 Å². The summed E-state index contributed by atoms with van der Waals surface area (Å²) in [5.41, 5.74) is 9.81. The normalized spacial score (nSPS) is 20.5. The van der Waals surface area contributed by atoms with Gasteiger partial charge in [0, 0.05) is 31.4 Å². The predicted molar refractivity (Wildman–Crippen MR) is 94.4 cm³/mol. The molecule has 1 aromatic heterocycles. The third-order valence-corrected chi connectivity index (χ3v) is 4.65. The summed E-state index contributed by atoms with van der Waals surface area (Å²) in [6.45, 7) is 3.71. The van der Waals surface area contributed by atoms with Crippen LogP contribution in [0.1, 0.15) is 24.0 Å². The molecule has 2 aliphatic heterocycles. The fraction of sp³-hybridized carbons (Fsp3) is 0.471. The van der Waals surface area contributed by atoms with Gasteiger partial charge in [0.15, 0.2) is 0 Å². The highest BCUT2D eigenvalue weighted by atomic mass is 15.3. The van der Waals surface area contributed by atoms with Gasteiger partial charge in [-0.25, -0.2) is 9.97 Å². The van der Waals surface area contributed by atoms with E-state index in [1.807, 2.05) is 0 Å². The Balaban J connectivity index is 1.51. The maximum atomic E-state index is 6.05. The van der Waals surface area contributed by atoms with Crippen LogP contribution in [0.25, 0.3) is 0 Å². The Bertz CT molecular complexity index is 718. The fourth-order valence-corrected chi connectivity index (χ4v) is 3.38. The fourth-order valence-electron chi connectivity index (χ4n) is 3.38. The molecule has 0 spiro atoms. The molecule has 0 saturated carbocycles. The van der Waals surface area contributed by atoms with Crippen molar-refractivity contribution in [2.24, 2.45) is 5.73 Å². The minimum absolute atomic E-state index is 0.195. The average Bonchev–Trinajstić information content (AvgIpc) is 2.62. The molecular formula is C17H23N7. The second-order valence-corrected chi connectivity index (χ2v) is 6.49. The van der Waals surface area contributed by atoms with Gasteiger partial charge in [-0.2, -0.15) is 4.98 Å². The van der Waals surface area contributed by atoms with E-state index < -0.39 is 0 Å². The van der Waals surface area contributed by atoms with Crippen LogP contribution in [-0.2, 0) is 13.0 Å². The molecule has 0 bridgehead atoms. The van der Waals surface area contributed by atoms with Gasteiger partial charge < -0.3 is 21.3 Å². The standard InChI is InChI=1S/C17H23N7/c18-14-2-1-7-24(10-14)17-21-11-20-16(23-17)22-15-4-3-12-5-6-19-9-13(12)8-15/h3-4,8,11,14,19H,1-2,5-7,9-10,18H2,(H,20,21,22,23). The lowest BCUT2D eigenvalue weighted by Gasteiger charge is -2.30. The van der Waals surface area contributed by atoms with Gasteiger partial charge in [0.1, 0.15) is 6.33 Å². The summed E-state index contributed by atoms with van der Waals surface area (Å²) in [5, 5.41) is 6.70. The van der Waals surface area contributed by atoms with Crippen LogP contribution in [0.5, 0.6) is 0 Å². The van der Waals surface area contributed by atoms with Crippen LogP contribution in [-0.4, -0.2) is 40.6 Å². The lowest BCUT2D eigenvalue weighted by atomic mass is 10.0. The van der Waals surface area contributed by atoms with Gasteiger partial charge in [0.2, 0.25) is 11.9 Å². The Hall–Kier alpha value is -2.25. The van der Waals surface area contributed by atoms with Crippen LogP contribution in [0, 0.1) is 0 Å². The van der Waals surface area contributed by atoms with Crippen molar-refractivity contribution >= 4 is 17.6 Å². The maximum absolute atomic E-state index is 6.05. The maximum Gasteiger partial charge on any atom is 0.231 e. The van der Waals surface area contributed by atoms with E-state index in [0.717, 1.165) is 51.1 Å². The molecule has 7 nitrogen and oxygen atoms in total. The summed E-state index contributed by atoms with van der Waals surface area (Å²) in [6, 6.07) is 6.64. The lowest BCUT2D eigenvalue weighted by molar-refractivity contribution is 0.499. The minimum atomic E-state index is 0.195. The number of nitrogens with zero attached hydrogens (tertiary/aromatic N) is 4. The molecule has 4 rings (SSSR count). The molecule has 3 heterocycles. The van der Waals surface area contributed by atoms with Crippen LogP contribution in [0.3, 0.4) is 0 Å². The molecule has 1 aromatic carbocycles. The molecule has 126 valence electrons. The molecule has 2 aliphatic rings. The number of nitrogens with two attached hydrogens (primary N) is 1. The van der Waals surface area contributed by atoms with Crippen molar-refractivity contribution in [3.05, 3.63) is 35.7 Å². The Morgan fingerprint density at radius 3 is 3.12 bits per heavy atom. The van der Waals surface area contributed by atoms with E-state index in [1.54, 1.807) is 6.33 Å². The molecule has 0 amide bonds. The number of aromatic nitrogens is 3. The first-order chi connectivity index (χ1) is 11.8. The number of fused-ring (bicyclic) bond motifs is 1. The number of nitrogens with one attached hydrogen (secondary N) is 2. The van der Waals surface area contributed by atoms with Gasteiger partial charge in [-0.1, -0.05) is 6.07 Å². The van der Waals surface area contributed by atoms with Gasteiger partial charge in [0.25, 0.3) is 0 Å². The second kappa shape index (κ2) is 6.70. The summed E-state index contributed by atoms with van der Waals surface area (Å²) in [6.07, 6.45) is 4.79. The van der Waals surface area contributed by atoms with Crippen molar-refractivity contribution < 1.29 is 0 Å². The molecule has 1 saturated heterocycles. The van der Waals surface area contributed by atoms with Crippen molar-refractivity contribution in [2.45, 2.75) is 31.8 Å². The van der Waals surface area contributed by atoms with Gasteiger partial charge in [-0.3, -0.25) is 0 Å². The molecule has 0 aliphatic carbocycles. The molecular weight excluding hydrogens is 302 g/mol. The Labute approximate surface area is 141 Å². The Kier molecular flexibility index (Phi) is 4.27. The molecule has 1 unspecified atom stereocenters. The first-order valence-electron chi connectivity index (χ1n) is 8.57. The number of anilines is 3. The number of benzene rings is 1. The lowest BCUT2D eigenvalue weighted by Crippen LogP contribution is -2.43. The van der Waals surface area contributed by atoms with Crippen LogP contribution < -0.4 is 21.3 Å². The summed E-state index contributed by atoms with van der Waals surface area (Å²) in [7, 11) is 0. The van der Waals surface area contributed by atoms with Crippen LogP contribution in [0.4, 0.5) is 17.6 Å². The van der Waals surface area contributed by atoms with E-state index >= 15 is 0 Å². The molecule has 0 radical (unpaired) electrons. The first-order valence-corrected chi connectivity index (χ1v) is 8.57. The van der Waals surface area contributed by atoms with E-state index in [1.165, 1.54) is 11.1 Å². The highest BCUT2D eigenvalue weighted by molar-refractivity contribution is 5.57. The Morgan fingerprint density at radius 2 is 2.21 bits per heavy atom. The SMILES string of the molecule is NC1CCCN(c2ncnc(Nc3ccc4c(c3)CNCC4)n2)C1. The van der Waals surface area contributed by atoms with Crippen molar-refractivity contribution in [3.8, 4) is 0 Å². The highest BCUT2D eigenvalue weighted by Gasteiger charge is 2.19. The second-order valence-electron chi connectivity index (χ2n) is 6.49. The number of hydrogen-bond acceptors (Lipinski definition) is 7. The minimum Gasteiger partial charge on any atom is -0.339 e. The van der Waals surface area contributed by atoms with Crippen molar-refractivity contribution in [1.29, 1.82) is 0 Å². The zero-order valence-electron chi connectivity index (χ0n) is 13.7. The van der Waals surface area contributed by atoms with Crippen LogP contribution >= 0.6 is 0 Å². The van der Waals surface area contributed by atoms with E-state index in [2.05, 4.69) is 48.7 Å². The highest BCUT2D eigenvalue weighted by Crippen LogP contribution is 2.22. The van der Waals surface area contributed by atoms with Gasteiger partial charge in [-0.15, -0.1) is 0 Å². The summed E-state index contributed by atoms with van der Waals surface area (Å²) < 4.78 is 0. The monoisotopic (exact) mass is 325 g/mol. The molecule has 2 aromatic rings. The van der Waals surface area contributed by atoms with Crippen LogP contribution in [0.2, 0.25) is 0 Å². The number of hydrogen-bond donors (Lipinski definition) is 3. The van der Waals surface area contributed by atoms with E-state index in [0.29, 0.717) is 11.9 Å². The number of rotatable bonds is 3.